The van der Waals surface area contributed by atoms with Gasteiger partial charge in [-0.3, -0.25) is 14.3 Å². The Morgan fingerprint density at radius 1 is 1.39 bits per heavy atom. The molecule has 0 atom stereocenters. The van der Waals surface area contributed by atoms with Crippen LogP contribution in [0.15, 0.2) is 12.4 Å². The van der Waals surface area contributed by atoms with Crippen LogP contribution in [0.5, 0.6) is 0 Å². The quantitative estimate of drug-likeness (QED) is 0.793. The Labute approximate surface area is 106 Å². The smallest absolute Gasteiger partial charge is 0.323 e. The van der Waals surface area contributed by atoms with Gasteiger partial charge in [0.15, 0.2) is 0 Å². The van der Waals surface area contributed by atoms with Crippen molar-refractivity contribution in [1.82, 2.24) is 14.7 Å². The molecule has 0 saturated heterocycles. The van der Waals surface area contributed by atoms with Crippen LogP contribution >= 0.6 is 0 Å². The molecule has 0 aromatic carbocycles. The molecule has 0 bridgehead atoms. The second-order valence-corrected chi connectivity index (χ2v) is 4.11. The van der Waals surface area contributed by atoms with Gasteiger partial charge in [0.05, 0.1) is 11.8 Å². The fourth-order valence-corrected chi connectivity index (χ4v) is 1.69. The van der Waals surface area contributed by atoms with Crippen molar-refractivity contribution in [1.29, 1.82) is 0 Å². The van der Waals surface area contributed by atoms with Gasteiger partial charge in [-0.05, 0) is 12.8 Å². The minimum absolute atomic E-state index is 0.272. The van der Waals surface area contributed by atoms with Crippen LogP contribution in [-0.4, -0.2) is 44.8 Å². The molecule has 0 spiro atoms. The number of aromatic nitrogens is 2. The SMILES string of the molecule is CCCN(CC(=O)O)C(=O)c1cnn(CCC)c1. The van der Waals surface area contributed by atoms with Gasteiger partial charge < -0.3 is 10.0 Å². The van der Waals surface area contributed by atoms with E-state index in [-0.39, 0.29) is 12.5 Å². The van der Waals surface area contributed by atoms with Crippen LogP contribution in [0.4, 0.5) is 0 Å². The average molecular weight is 253 g/mol. The standard InChI is InChI=1S/C12H19N3O3/c1-3-5-14(9-11(16)17)12(18)10-7-13-15(8-10)6-4-2/h7-8H,3-6,9H2,1-2H3,(H,16,17). The van der Waals surface area contributed by atoms with Gasteiger partial charge in [0.25, 0.3) is 5.91 Å². The fourth-order valence-electron chi connectivity index (χ4n) is 1.69. The molecule has 0 fully saturated rings. The van der Waals surface area contributed by atoms with Gasteiger partial charge in [0.1, 0.15) is 6.54 Å². The summed E-state index contributed by atoms with van der Waals surface area (Å²) in [6, 6.07) is 0. The summed E-state index contributed by atoms with van der Waals surface area (Å²) in [5, 5.41) is 12.9. The molecule has 1 rings (SSSR count). The van der Waals surface area contributed by atoms with Crippen molar-refractivity contribution >= 4 is 11.9 Å². The molecule has 1 aromatic rings. The normalized spacial score (nSPS) is 10.3. The van der Waals surface area contributed by atoms with E-state index in [0.717, 1.165) is 19.4 Å². The highest BCUT2D eigenvalue weighted by atomic mass is 16.4. The number of nitrogens with zero attached hydrogens (tertiary/aromatic N) is 3. The van der Waals surface area contributed by atoms with Crippen LogP contribution in [0.1, 0.15) is 37.0 Å². The summed E-state index contributed by atoms with van der Waals surface area (Å²) in [6.07, 6.45) is 4.81. The first-order valence-electron chi connectivity index (χ1n) is 6.12. The highest BCUT2D eigenvalue weighted by Gasteiger charge is 2.19. The lowest BCUT2D eigenvalue weighted by Gasteiger charge is -2.18. The summed E-state index contributed by atoms with van der Waals surface area (Å²) in [4.78, 5) is 24.1. The van der Waals surface area contributed by atoms with Gasteiger partial charge >= 0.3 is 5.97 Å². The van der Waals surface area contributed by atoms with Crippen LogP contribution in [0.25, 0.3) is 0 Å². The van der Waals surface area contributed by atoms with E-state index in [1.165, 1.54) is 11.1 Å². The monoisotopic (exact) mass is 253 g/mol. The molecule has 18 heavy (non-hydrogen) atoms. The van der Waals surface area contributed by atoms with Gasteiger partial charge in [-0.15, -0.1) is 0 Å². The maximum Gasteiger partial charge on any atom is 0.323 e. The predicted octanol–water partition coefficient (Wildman–Crippen LogP) is 1.23. The molecule has 1 aromatic heterocycles. The predicted molar refractivity (Wildman–Crippen MR) is 66.3 cm³/mol. The highest BCUT2D eigenvalue weighted by molar-refractivity contribution is 5.95. The molecule has 6 nitrogen and oxygen atoms in total. The van der Waals surface area contributed by atoms with Gasteiger partial charge in [-0.25, -0.2) is 0 Å². The van der Waals surface area contributed by atoms with E-state index in [4.69, 9.17) is 5.11 Å². The molecule has 100 valence electrons. The molecule has 0 aliphatic heterocycles. The molecule has 1 heterocycles. The third-order valence-corrected chi connectivity index (χ3v) is 2.44. The van der Waals surface area contributed by atoms with Gasteiger partial charge in [0.2, 0.25) is 0 Å². The fraction of sp³-hybridized carbons (Fsp3) is 0.583. The number of carboxylic acids is 1. The summed E-state index contributed by atoms with van der Waals surface area (Å²) in [5.41, 5.74) is 0.443. The molecule has 6 heteroatoms. The number of aryl methyl sites for hydroxylation is 1. The number of hydrogen-bond acceptors (Lipinski definition) is 3. The maximum absolute atomic E-state index is 12.1. The van der Waals surface area contributed by atoms with E-state index in [2.05, 4.69) is 5.10 Å². The first kappa shape index (κ1) is 14.2. The van der Waals surface area contributed by atoms with E-state index >= 15 is 0 Å². The molecule has 0 unspecified atom stereocenters. The molecular weight excluding hydrogens is 234 g/mol. The van der Waals surface area contributed by atoms with Crippen LogP contribution in [0.3, 0.4) is 0 Å². The number of carbonyl (C=O) groups is 2. The summed E-state index contributed by atoms with van der Waals surface area (Å²) in [6.45, 7) is 4.84. The van der Waals surface area contributed by atoms with Crippen molar-refractivity contribution in [3.8, 4) is 0 Å². The maximum atomic E-state index is 12.1. The summed E-state index contributed by atoms with van der Waals surface area (Å²) >= 11 is 0. The Morgan fingerprint density at radius 3 is 2.67 bits per heavy atom. The zero-order valence-corrected chi connectivity index (χ0v) is 10.8. The minimum Gasteiger partial charge on any atom is -0.480 e. The molecular formula is C12H19N3O3. The van der Waals surface area contributed by atoms with Crippen molar-refractivity contribution in [2.45, 2.75) is 33.2 Å². The summed E-state index contributed by atoms with van der Waals surface area (Å²) < 4.78 is 1.69. The van der Waals surface area contributed by atoms with E-state index in [1.807, 2.05) is 13.8 Å². The average Bonchev–Trinajstić information content (AvgIpc) is 2.76. The van der Waals surface area contributed by atoms with Crippen LogP contribution < -0.4 is 0 Å². The number of amides is 1. The molecule has 0 aliphatic rings. The Balaban J connectivity index is 2.77. The van der Waals surface area contributed by atoms with E-state index in [9.17, 15) is 9.59 Å². The minimum atomic E-state index is -1.00. The highest BCUT2D eigenvalue weighted by Crippen LogP contribution is 2.05. The molecule has 0 saturated carbocycles. The first-order valence-corrected chi connectivity index (χ1v) is 6.12. The zero-order chi connectivity index (χ0) is 13.5. The molecule has 1 N–H and O–H groups in total. The van der Waals surface area contributed by atoms with Crippen molar-refractivity contribution < 1.29 is 14.7 Å². The Hall–Kier alpha value is -1.85. The van der Waals surface area contributed by atoms with Crippen LogP contribution in [0.2, 0.25) is 0 Å². The summed E-state index contributed by atoms with van der Waals surface area (Å²) in [5.74, 6) is -1.28. The van der Waals surface area contributed by atoms with Crippen LogP contribution in [0, 0.1) is 0 Å². The van der Waals surface area contributed by atoms with Crippen LogP contribution in [-0.2, 0) is 11.3 Å². The number of hydrogen-bond donors (Lipinski definition) is 1. The van der Waals surface area contributed by atoms with Gasteiger partial charge in [-0.2, -0.15) is 5.10 Å². The molecule has 0 radical (unpaired) electrons. The van der Waals surface area contributed by atoms with Crippen molar-refractivity contribution in [2.75, 3.05) is 13.1 Å². The Bertz CT molecular complexity index is 414. The van der Waals surface area contributed by atoms with E-state index < -0.39 is 5.97 Å². The largest absolute Gasteiger partial charge is 0.480 e. The third-order valence-electron chi connectivity index (χ3n) is 2.44. The van der Waals surface area contributed by atoms with Crippen molar-refractivity contribution in [2.24, 2.45) is 0 Å². The van der Waals surface area contributed by atoms with Gasteiger partial charge in [0, 0.05) is 19.3 Å². The lowest BCUT2D eigenvalue weighted by molar-refractivity contribution is -0.137. The lowest BCUT2D eigenvalue weighted by Crippen LogP contribution is -2.36. The van der Waals surface area contributed by atoms with E-state index in [1.54, 1.807) is 10.9 Å². The van der Waals surface area contributed by atoms with Gasteiger partial charge in [-0.1, -0.05) is 13.8 Å². The zero-order valence-electron chi connectivity index (χ0n) is 10.8. The van der Waals surface area contributed by atoms with Crippen molar-refractivity contribution in [3.63, 3.8) is 0 Å². The third kappa shape index (κ3) is 3.87. The second kappa shape index (κ2) is 6.78. The van der Waals surface area contributed by atoms with Crippen molar-refractivity contribution in [3.05, 3.63) is 18.0 Å². The lowest BCUT2D eigenvalue weighted by atomic mass is 10.3. The molecule has 1 amide bonds. The Morgan fingerprint density at radius 2 is 2.11 bits per heavy atom. The Kier molecular flexibility index (Phi) is 5.35. The van der Waals surface area contributed by atoms with E-state index in [0.29, 0.717) is 12.1 Å². The number of carbonyl (C=O) groups excluding carboxylic acids is 1. The second-order valence-electron chi connectivity index (χ2n) is 4.11. The topological polar surface area (TPSA) is 75.4 Å². The number of carboxylic acid groups (broad SMARTS) is 1. The molecule has 0 aliphatic carbocycles. The number of rotatable bonds is 7. The first-order chi connectivity index (χ1) is 8.58. The summed E-state index contributed by atoms with van der Waals surface area (Å²) in [7, 11) is 0. The number of aliphatic carboxylic acids is 1.